The molecule has 6 nitrogen and oxygen atoms in total. The van der Waals surface area contributed by atoms with Gasteiger partial charge in [-0.1, -0.05) is 103 Å². The van der Waals surface area contributed by atoms with Crippen LogP contribution < -0.4 is 0 Å². The predicted molar refractivity (Wildman–Crippen MR) is 200 cm³/mol. The number of benzene rings is 4. The minimum Gasteiger partial charge on any atom is -0.446 e. The second-order valence-corrected chi connectivity index (χ2v) is 15.1. The Morgan fingerprint density at radius 2 is 1.30 bits per heavy atom. The zero-order chi connectivity index (χ0) is 33.9. The number of fused-ring (bicyclic) bond motifs is 3. The average Bonchev–Trinajstić information content (AvgIpc) is 3.62. The highest BCUT2D eigenvalue weighted by atomic mass is 16.6. The van der Waals surface area contributed by atoms with Gasteiger partial charge in [0.15, 0.2) is 0 Å². The molecule has 3 fully saturated rings. The minimum atomic E-state index is -0.213. The van der Waals surface area contributed by atoms with E-state index < -0.39 is 0 Å². The van der Waals surface area contributed by atoms with E-state index in [0.29, 0.717) is 31.2 Å². The summed E-state index contributed by atoms with van der Waals surface area (Å²) in [5, 5.41) is 0. The third-order valence-corrected chi connectivity index (χ3v) is 12.1. The first kappa shape index (κ1) is 32.8. The van der Waals surface area contributed by atoms with Crippen LogP contribution in [-0.4, -0.2) is 50.2 Å². The van der Waals surface area contributed by atoms with Crippen molar-refractivity contribution in [1.29, 1.82) is 0 Å². The van der Waals surface area contributed by atoms with Crippen LogP contribution in [0.25, 0.3) is 11.0 Å². The fourth-order valence-corrected chi connectivity index (χ4v) is 9.54. The van der Waals surface area contributed by atoms with E-state index in [9.17, 15) is 4.79 Å². The number of imidazole rings is 1. The molecule has 1 aliphatic carbocycles. The summed E-state index contributed by atoms with van der Waals surface area (Å²) in [7, 11) is 0. The Balaban J connectivity index is 0.933. The lowest BCUT2D eigenvalue weighted by molar-refractivity contribution is 0.0243. The lowest BCUT2D eigenvalue weighted by atomic mass is 9.66. The third kappa shape index (κ3) is 6.83. The molecule has 6 heteroatoms. The molecule has 5 aromatic rings. The molecule has 1 amide bonds. The van der Waals surface area contributed by atoms with Crippen molar-refractivity contribution < 1.29 is 9.53 Å². The van der Waals surface area contributed by atoms with Crippen molar-refractivity contribution in [2.75, 3.05) is 6.54 Å². The molecule has 0 spiro atoms. The van der Waals surface area contributed by atoms with Gasteiger partial charge in [0, 0.05) is 31.2 Å². The van der Waals surface area contributed by atoms with E-state index >= 15 is 0 Å². The number of hydrogen-bond donors (Lipinski definition) is 0. The average molecular weight is 667 g/mol. The molecule has 3 aliphatic rings. The van der Waals surface area contributed by atoms with Crippen molar-refractivity contribution in [2.45, 2.75) is 107 Å². The van der Waals surface area contributed by atoms with Gasteiger partial charge in [0.1, 0.15) is 11.9 Å². The number of carbonyl (C=O) groups is 1. The van der Waals surface area contributed by atoms with Crippen LogP contribution in [0, 0.1) is 6.92 Å². The number of ether oxygens (including phenoxy) is 1. The SMILES string of the molecule is Cc1nc2ccccc2n1C1C[C@H]2CC[C@H](C1)N2CCC1(c2ccccc2)CCC(OC(=O)N(Cc2ccccc2)Cc2ccccc2)CC1. The van der Waals surface area contributed by atoms with Crippen LogP contribution >= 0.6 is 0 Å². The number of aryl methyl sites for hydroxylation is 1. The summed E-state index contributed by atoms with van der Waals surface area (Å²) in [5.41, 5.74) is 6.17. The zero-order valence-electron chi connectivity index (χ0n) is 29.4. The van der Waals surface area contributed by atoms with Crippen LogP contribution in [0.2, 0.25) is 0 Å². The number of aromatic nitrogens is 2. The smallest absolute Gasteiger partial charge is 0.410 e. The Labute approximate surface area is 297 Å². The highest BCUT2D eigenvalue weighted by molar-refractivity contribution is 5.76. The highest BCUT2D eigenvalue weighted by Crippen LogP contribution is 2.46. The van der Waals surface area contributed by atoms with Gasteiger partial charge in [0.25, 0.3) is 0 Å². The molecule has 2 atom stereocenters. The highest BCUT2D eigenvalue weighted by Gasteiger charge is 2.44. The number of nitrogens with zero attached hydrogens (tertiary/aromatic N) is 4. The molecule has 8 rings (SSSR count). The molecule has 2 saturated heterocycles. The van der Waals surface area contributed by atoms with Crippen LogP contribution in [0.15, 0.2) is 115 Å². The summed E-state index contributed by atoms with van der Waals surface area (Å²) in [5.74, 6) is 1.15. The zero-order valence-corrected chi connectivity index (χ0v) is 29.4. The Hall–Kier alpha value is -4.42. The van der Waals surface area contributed by atoms with Gasteiger partial charge in [-0.05, 0) is 105 Å². The molecule has 50 heavy (non-hydrogen) atoms. The Morgan fingerprint density at radius 3 is 1.92 bits per heavy atom. The first-order chi connectivity index (χ1) is 24.5. The van der Waals surface area contributed by atoms with Crippen molar-refractivity contribution in [3.8, 4) is 0 Å². The number of piperidine rings is 1. The maximum atomic E-state index is 13.8. The van der Waals surface area contributed by atoms with Crippen molar-refractivity contribution in [3.05, 3.63) is 138 Å². The van der Waals surface area contributed by atoms with E-state index in [1.165, 1.54) is 36.8 Å². The van der Waals surface area contributed by atoms with E-state index in [0.717, 1.165) is 61.1 Å². The molecule has 258 valence electrons. The number of rotatable bonds is 10. The van der Waals surface area contributed by atoms with Gasteiger partial charge in [-0.3, -0.25) is 9.80 Å². The van der Waals surface area contributed by atoms with Crippen molar-refractivity contribution in [1.82, 2.24) is 19.4 Å². The van der Waals surface area contributed by atoms with Crippen molar-refractivity contribution in [2.24, 2.45) is 0 Å². The van der Waals surface area contributed by atoms with E-state index in [-0.39, 0.29) is 17.6 Å². The fourth-order valence-electron chi connectivity index (χ4n) is 9.54. The minimum absolute atomic E-state index is 0.0615. The molecule has 4 aromatic carbocycles. The Morgan fingerprint density at radius 1 is 0.740 bits per heavy atom. The van der Waals surface area contributed by atoms with E-state index in [2.05, 4.69) is 95.3 Å². The number of hydrogen-bond acceptors (Lipinski definition) is 4. The molecule has 2 bridgehead atoms. The molecular weight excluding hydrogens is 617 g/mol. The summed E-state index contributed by atoms with van der Waals surface area (Å²) in [6, 6.07) is 42.1. The van der Waals surface area contributed by atoms with Gasteiger partial charge < -0.3 is 9.30 Å². The Kier molecular flexibility index (Phi) is 9.46. The summed E-state index contributed by atoms with van der Waals surface area (Å²) >= 11 is 0. The second kappa shape index (κ2) is 14.4. The number of para-hydroxylation sites is 2. The molecule has 0 unspecified atom stereocenters. The van der Waals surface area contributed by atoms with E-state index in [1.54, 1.807) is 0 Å². The van der Waals surface area contributed by atoms with Gasteiger partial charge >= 0.3 is 6.09 Å². The molecule has 0 radical (unpaired) electrons. The first-order valence-electron chi connectivity index (χ1n) is 18.8. The maximum Gasteiger partial charge on any atom is 0.410 e. The topological polar surface area (TPSA) is 50.6 Å². The van der Waals surface area contributed by atoms with Crippen LogP contribution in [-0.2, 0) is 23.2 Å². The maximum absolute atomic E-state index is 13.8. The summed E-state index contributed by atoms with van der Waals surface area (Å²) in [6.45, 7) is 4.37. The van der Waals surface area contributed by atoms with E-state index in [4.69, 9.17) is 9.72 Å². The Bertz CT molecular complexity index is 1810. The van der Waals surface area contributed by atoms with Gasteiger partial charge in [0.2, 0.25) is 0 Å². The molecular formula is C44H50N4O2. The summed E-state index contributed by atoms with van der Waals surface area (Å²) in [4.78, 5) is 23.4. The molecule has 1 saturated carbocycles. The molecule has 2 aliphatic heterocycles. The van der Waals surface area contributed by atoms with Crippen molar-refractivity contribution >= 4 is 17.1 Å². The number of amides is 1. The van der Waals surface area contributed by atoms with Crippen LogP contribution in [0.5, 0.6) is 0 Å². The molecule has 1 aromatic heterocycles. The fraction of sp³-hybridized carbons (Fsp3) is 0.409. The monoisotopic (exact) mass is 666 g/mol. The molecule has 0 N–H and O–H groups in total. The normalized spacial score (nSPS) is 25.1. The van der Waals surface area contributed by atoms with Gasteiger partial charge in [-0.15, -0.1) is 0 Å². The lowest BCUT2D eigenvalue weighted by Gasteiger charge is -2.45. The van der Waals surface area contributed by atoms with Crippen LogP contribution in [0.1, 0.15) is 86.3 Å². The standard InChI is InChI=1S/C44H50N4O2/c1-33-45-41-19-11-12-20-42(41)48(33)39-29-37-21-22-38(30-39)47(37)28-27-44(36-17-9-4-10-18-36)25-23-40(24-26-44)50-43(49)46(31-34-13-5-2-6-14-34)32-35-15-7-3-8-16-35/h2-20,37-40H,21-32H2,1H3/t37-,38-,40?,44?/m1/s1. The van der Waals surface area contributed by atoms with Gasteiger partial charge in [0.05, 0.1) is 11.0 Å². The molecule has 3 heterocycles. The summed E-state index contributed by atoms with van der Waals surface area (Å²) in [6.07, 6.45) is 9.75. The first-order valence-corrected chi connectivity index (χ1v) is 18.8. The number of carbonyl (C=O) groups excluding carboxylic acids is 1. The second-order valence-electron chi connectivity index (χ2n) is 15.1. The third-order valence-electron chi connectivity index (χ3n) is 12.1. The summed E-state index contributed by atoms with van der Waals surface area (Å²) < 4.78 is 8.86. The van der Waals surface area contributed by atoms with Gasteiger partial charge in [-0.25, -0.2) is 9.78 Å². The quantitative estimate of drug-likeness (QED) is 0.149. The van der Waals surface area contributed by atoms with Crippen molar-refractivity contribution in [3.63, 3.8) is 0 Å². The largest absolute Gasteiger partial charge is 0.446 e. The van der Waals surface area contributed by atoms with Crippen LogP contribution in [0.3, 0.4) is 0 Å². The van der Waals surface area contributed by atoms with Gasteiger partial charge in [-0.2, -0.15) is 0 Å². The predicted octanol–water partition coefficient (Wildman–Crippen LogP) is 9.62. The lowest BCUT2D eigenvalue weighted by Crippen LogP contribution is -2.46. The van der Waals surface area contributed by atoms with Crippen LogP contribution in [0.4, 0.5) is 4.79 Å². The van der Waals surface area contributed by atoms with E-state index in [1.807, 2.05) is 41.3 Å².